The van der Waals surface area contributed by atoms with Crippen LogP contribution < -0.4 is 5.32 Å². The smallest absolute Gasteiger partial charge is 0.0584 e. The maximum Gasteiger partial charge on any atom is 0.0584 e. The van der Waals surface area contributed by atoms with E-state index in [1.807, 2.05) is 12.1 Å². The lowest BCUT2D eigenvalue weighted by atomic mass is 9.87. The van der Waals surface area contributed by atoms with Crippen molar-refractivity contribution in [2.45, 2.75) is 0 Å². The van der Waals surface area contributed by atoms with Gasteiger partial charge in [0.05, 0.1) is 25.2 Å². The molecule has 2 rings (SSSR count). The highest BCUT2D eigenvalue weighted by Gasteiger charge is 2.37. The second-order valence-corrected chi connectivity index (χ2v) is 3.74. The Labute approximate surface area is 82.9 Å². The SMILES string of the molecule is OCC1(CNc2ccncc2)COC1. The highest BCUT2D eigenvalue weighted by Crippen LogP contribution is 2.26. The van der Waals surface area contributed by atoms with Crippen LogP contribution in [0.4, 0.5) is 5.69 Å². The van der Waals surface area contributed by atoms with Crippen LogP contribution in [0.3, 0.4) is 0 Å². The van der Waals surface area contributed by atoms with Crippen molar-refractivity contribution in [2.75, 3.05) is 31.7 Å². The van der Waals surface area contributed by atoms with Crippen LogP contribution in [0.1, 0.15) is 0 Å². The van der Waals surface area contributed by atoms with E-state index >= 15 is 0 Å². The molecule has 1 aromatic heterocycles. The van der Waals surface area contributed by atoms with E-state index in [1.54, 1.807) is 12.4 Å². The topological polar surface area (TPSA) is 54.4 Å². The van der Waals surface area contributed by atoms with E-state index in [-0.39, 0.29) is 12.0 Å². The number of rotatable bonds is 4. The third-order valence-electron chi connectivity index (χ3n) is 2.50. The quantitative estimate of drug-likeness (QED) is 0.733. The monoisotopic (exact) mass is 194 g/mol. The Bertz CT molecular complexity index is 280. The van der Waals surface area contributed by atoms with E-state index in [1.165, 1.54) is 0 Å². The lowest BCUT2D eigenvalue weighted by molar-refractivity contribution is -0.128. The van der Waals surface area contributed by atoms with Gasteiger partial charge in [0, 0.05) is 24.6 Å². The highest BCUT2D eigenvalue weighted by molar-refractivity contribution is 5.41. The van der Waals surface area contributed by atoms with Gasteiger partial charge in [-0.05, 0) is 12.1 Å². The van der Waals surface area contributed by atoms with Gasteiger partial charge in [-0.25, -0.2) is 0 Å². The normalized spacial score (nSPS) is 18.6. The van der Waals surface area contributed by atoms with E-state index in [4.69, 9.17) is 4.74 Å². The molecule has 0 saturated carbocycles. The van der Waals surface area contributed by atoms with Crippen LogP contribution >= 0.6 is 0 Å². The van der Waals surface area contributed by atoms with Crippen LogP contribution in [-0.4, -0.2) is 36.5 Å². The largest absolute Gasteiger partial charge is 0.396 e. The lowest BCUT2D eigenvalue weighted by Gasteiger charge is -2.40. The van der Waals surface area contributed by atoms with Crippen LogP contribution in [0.2, 0.25) is 0 Å². The van der Waals surface area contributed by atoms with Gasteiger partial charge < -0.3 is 15.2 Å². The molecule has 4 heteroatoms. The Kier molecular flexibility index (Phi) is 2.65. The van der Waals surface area contributed by atoms with Gasteiger partial charge in [-0.3, -0.25) is 4.98 Å². The molecule has 0 unspecified atom stereocenters. The second kappa shape index (κ2) is 3.94. The van der Waals surface area contributed by atoms with Crippen molar-refractivity contribution in [3.8, 4) is 0 Å². The molecule has 0 atom stereocenters. The van der Waals surface area contributed by atoms with Gasteiger partial charge in [0.25, 0.3) is 0 Å². The average Bonchev–Trinajstić information content (AvgIpc) is 2.19. The number of hydrogen-bond donors (Lipinski definition) is 2. The predicted octanol–water partition coefficient (Wildman–Crippen LogP) is 0.502. The Hall–Kier alpha value is -1.13. The molecular weight excluding hydrogens is 180 g/mol. The minimum atomic E-state index is -0.0801. The first-order valence-corrected chi connectivity index (χ1v) is 4.67. The molecule has 2 heterocycles. The molecule has 76 valence electrons. The molecule has 0 aliphatic carbocycles. The molecule has 0 amide bonds. The van der Waals surface area contributed by atoms with Crippen molar-refractivity contribution in [3.05, 3.63) is 24.5 Å². The fourth-order valence-electron chi connectivity index (χ4n) is 1.40. The van der Waals surface area contributed by atoms with E-state index in [0.717, 1.165) is 12.2 Å². The standard InChI is InChI=1S/C10H14N2O2/c13-6-10(7-14-8-10)5-12-9-1-3-11-4-2-9/h1-4,13H,5-8H2,(H,11,12). The zero-order valence-electron chi connectivity index (χ0n) is 7.94. The van der Waals surface area contributed by atoms with Crippen LogP contribution in [0, 0.1) is 5.41 Å². The number of ether oxygens (including phenoxy) is 1. The first kappa shape index (κ1) is 9.43. The van der Waals surface area contributed by atoms with Gasteiger partial charge >= 0.3 is 0 Å². The zero-order chi connectivity index (χ0) is 9.86. The first-order valence-electron chi connectivity index (χ1n) is 4.67. The fraction of sp³-hybridized carbons (Fsp3) is 0.500. The maximum atomic E-state index is 9.18. The van der Waals surface area contributed by atoms with Crippen molar-refractivity contribution in [1.82, 2.24) is 4.98 Å². The van der Waals surface area contributed by atoms with Gasteiger partial charge in [0.2, 0.25) is 0 Å². The molecule has 4 nitrogen and oxygen atoms in total. The van der Waals surface area contributed by atoms with E-state index in [9.17, 15) is 5.11 Å². The van der Waals surface area contributed by atoms with E-state index in [2.05, 4.69) is 10.3 Å². The van der Waals surface area contributed by atoms with Crippen LogP contribution in [-0.2, 0) is 4.74 Å². The summed E-state index contributed by atoms with van der Waals surface area (Å²) in [5, 5.41) is 12.4. The summed E-state index contributed by atoms with van der Waals surface area (Å²) in [5.41, 5.74) is 0.947. The molecule has 0 radical (unpaired) electrons. The second-order valence-electron chi connectivity index (χ2n) is 3.74. The van der Waals surface area contributed by atoms with Gasteiger partial charge in [0.15, 0.2) is 0 Å². The third-order valence-corrected chi connectivity index (χ3v) is 2.50. The third kappa shape index (κ3) is 1.86. The van der Waals surface area contributed by atoms with Crippen molar-refractivity contribution >= 4 is 5.69 Å². The van der Waals surface area contributed by atoms with Crippen molar-refractivity contribution in [2.24, 2.45) is 5.41 Å². The number of nitrogens with zero attached hydrogens (tertiary/aromatic N) is 1. The molecule has 1 fully saturated rings. The number of aliphatic hydroxyl groups is 1. The van der Waals surface area contributed by atoms with E-state index in [0.29, 0.717) is 13.2 Å². The first-order chi connectivity index (χ1) is 6.85. The fourth-order valence-corrected chi connectivity index (χ4v) is 1.40. The van der Waals surface area contributed by atoms with Crippen LogP contribution in [0.25, 0.3) is 0 Å². The summed E-state index contributed by atoms with van der Waals surface area (Å²) in [6.45, 7) is 2.20. The summed E-state index contributed by atoms with van der Waals surface area (Å²) >= 11 is 0. The number of anilines is 1. The minimum Gasteiger partial charge on any atom is -0.396 e. The minimum absolute atomic E-state index is 0.0801. The average molecular weight is 194 g/mol. The molecule has 1 aliphatic heterocycles. The maximum absolute atomic E-state index is 9.18. The van der Waals surface area contributed by atoms with Gasteiger partial charge in [-0.15, -0.1) is 0 Å². The Morgan fingerprint density at radius 2 is 2.14 bits per heavy atom. The Morgan fingerprint density at radius 1 is 1.43 bits per heavy atom. The number of aromatic nitrogens is 1. The summed E-state index contributed by atoms with van der Waals surface area (Å²) in [6.07, 6.45) is 3.48. The molecule has 0 aromatic carbocycles. The predicted molar refractivity (Wildman–Crippen MR) is 53.1 cm³/mol. The molecule has 0 bridgehead atoms. The Balaban J connectivity index is 1.88. The van der Waals surface area contributed by atoms with Crippen molar-refractivity contribution in [3.63, 3.8) is 0 Å². The molecule has 1 aliphatic rings. The lowest BCUT2D eigenvalue weighted by Crippen LogP contribution is -2.50. The summed E-state index contributed by atoms with van der Waals surface area (Å²) in [4.78, 5) is 3.93. The number of aliphatic hydroxyl groups excluding tert-OH is 1. The highest BCUT2D eigenvalue weighted by atomic mass is 16.5. The number of nitrogens with one attached hydrogen (secondary N) is 1. The summed E-state index contributed by atoms with van der Waals surface area (Å²) < 4.78 is 5.11. The van der Waals surface area contributed by atoms with Crippen molar-refractivity contribution in [1.29, 1.82) is 0 Å². The zero-order valence-corrected chi connectivity index (χ0v) is 7.94. The van der Waals surface area contributed by atoms with Gasteiger partial charge in [-0.2, -0.15) is 0 Å². The molecule has 0 spiro atoms. The number of pyridine rings is 1. The number of hydrogen-bond acceptors (Lipinski definition) is 4. The van der Waals surface area contributed by atoms with Crippen molar-refractivity contribution < 1.29 is 9.84 Å². The molecule has 14 heavy (non-hydrogen) atoms. The van der Waals surface area contributed by atoms with E-state index < -0.39 is 0 Å². The molecule has 1 aromatic rings. The molecule has 1 saturated heterocycles. The summed E-state index contributed by atoms with van der Waals surface area (Å²) in [5.74, 6) is 0. The van der Waals surface area contributed by atoms with Crippen LogP contribution in [0.15, 0.2) is 24.5 Å². The molecule has 2 N–H and O–H groups in total. The Morgan fingerprint density at radius 3 is 2.64 bits per heavy atom. The van der Waals surface area contributed by atoms with Gasteiger partial charge in [-0.1, -0.05) is 0 Å². The summed E-state index contributed by atoms with van der Waals surface area (Å²) in [7, 11) is 0. The van der Waals surface area contributed by atoms with Gasteiger partial charge in [0.1, 0.15) is 0 Å². The van der Waals surface area contributed by atoms with Crippen LogP contribution in [0.5, 0.6) is 0 Å². The summed E-state index contributed by atoms with van der Waals surface area (Å²) in [6, 6.07) is 3.81. The molecular formula is C10H14N2O2.